The molecule has 0 spiro atoms. The van der Waals surface area contributed by atoms with Crippen LogP contribution in [0, 0.1) is 0 Å². The highest BCUT2D eigenvalue weighted by molar-refractivity contribution is 5.88. The van der Waals surface area contributed by atoms with E-state index in [0.29, 0.717) is 5.56 Å². The summed E-state index contributed by atoms with van der Waals surface area (Å²) in [5, 5.41) is 4.53. The van der Waals surface area contributed by atoms with Gasteiger partial charge in [-0.2, -0.15) is 5.10 Å². The highest BCUT2D eigenvalue weighted by atomic mass is 16.1. The second-order valence-electron chi connectivity index (χ2n) is 5.52. The van der Waals surface area contributed by atoms with Crippen molar-refractivity contribution in [1.82, 2.24) is 9.78 Å². The zero-order valence-electron chi connectivity index (χ0n) is 11.3. The third-order valence-electron chi connectivity index (χ3n) is 2.92. The van der Waals surface area contributed by atoms with E-state index in [1.54, 1.807) is 4.68 Å². The summed E-state index contributed by atoms with van der Waals surface area (Å²) >= 11 is 0. The Labute approximate surface area is 107 Å². The summed E-state index contributed by atoms with van der Waals surface area (Å²) in [6.45, 7) is 6.38. The number of aryl methyl sites for hydroxylation is 1. The first-order valence-electron chi connectivity index (χ1n) is 6.02. The number of nitrogens with zero attached hydrogens (tertiary/aromatic N) is 2. The summed E-state index contributed by atoms with van der Waals surface area (Å²) in [4.78, 5) is 11.1. The van der Waals surface area contributed by atoms with Crippen molar-refractivity contribution < 1.29 is 4.79 Å². The van der Waals surface area contributed by atoms with Crippen LogP contribution in [0.2, 0.25) is 0 Å². The van der Waals surface area contributed by atoms with E-state index >= 15 is 0 Å². The number of carbonyl (C=O) groups is 1. The molecule has 3 nitrogen and oxygen atoms in total. The van der Waals surface area contributed by atoms with E-state index in [1.165, 1.54) is 0 Å². The van der Waals surface area contributed by atoms with Gasteiger partial charge in [-0.25, -0.2) is 0 Å². The predicted octanol–water partition coefficient (Wildman–Crippen LogP) is 3.20. The molecule has 0 radical (unpaired) electrons. The molecule has 0 saturated heterocycles. The van der Waals surface area contributed by atoms with Gasteiger partial charge in [0.2, 0.25) is 0 Å². The lowest BCUT2D eigenvalue weighted by Crippen LogP contribution is -2.14. The summed E-state index contributed by atoms with van der Waals surface area (Å²) in [6, 6.07) is 7.62. The second kappa shape index (κ2) is 4.41. The first kappa shape index (κ1) is 12.6. The summed E-state index contributed by atoms with van der Waals surface area (Å²) < 4.78 is 1.80. The van der Waals surface area contributed by atoms with Gasteiger partial charge >= 0.3 is 0 Å². The molecular formula is C15H18N2O. The van der Waals surface area contributed by atoms with Crippen LogP contribution >= 0.6 is 0 Å². The Hall–Kier alpha value is -1.90. The van der Waals surface area contributed by atoms with Gasteiger partial charge in [-0.1, -0.05) is 45.0 Å². The Morgan fingerprint density at radius 3 is 2.44 bits per heavy atom. The van der Waals surface area contributed by atoms with E-state index in [0.717, 1.165) is 23.1 Å². The molecule has 0 saturated carbocycles. The van der Waals surface area contributed by atoms with Gasteiger partial charge in [-0.15, -0.1) is 0 Å². The Morgan fingerprint density at radius 1 is 1.17 bits per heavy atom. The van der Waals surface area contributed by atoms with Gasteiger partial charge in [0.1, 0.15) is 0 Å². The largest absolute Gasteiger partial charge is 0.298 e. The average Bonchev–Trinajstić information content (AvgIpc) is 2.71. The number of aldehydes is 1. The zero-order chi connectivity index (χ0) is 13.3. The minimum absolute atomic E-state index is 0.0490. The molecule has 0 aliphatic heterocycles. The number of benzene rings is 1. The maximum atomic E-state index is 11.1. The van der Waals surface area contributed by atoms with Crippen LogP contribution in [0.4, 0.5) is 0 Å². The Balaban J connectivity index is 2.68. The van der Waals surface area contributed by atoms with Gasteiger partial charge in [0.15, 0.2) is 6.29 Å². The zero-order valence-corrected chi connectivity index (χ0v) is 11.3. The van der Waals surface area contributed by atoms with Crippen LogP contribution in [0.1, 0.15) is 36.8 Å². The van der Waals surface area contributed by atoms with E-state index in [-0.39, 0.29) is 5.41 Å². The monoisotopic (exact) mass is 242 g/mol. The van der Waals surface area contributed by atoms with E-state index in [9.17, 15) is 4.79 Å². The Morgan fingerprint density at radius 2 is 1.83 bits per heavy atom. The Bertz CT molecular complexity index is 576. The third-order valence-corrected chi connectivity index (χ3v) is 2.92. The van der Waals surface area contributed by atoms with Gasteiger partial charge in [-0.05, 0) is 5.56 Å². The molecule has 0 fully saturated rings. The molecule has 1 aromatic carbocycles. The van der Waals surface area contributed by atoms with E-state index < -0.39 is 0 Å². The summed E-state index contributed by atoms with van der Waals surface area (Å²) in [5.74, 6) is 0. The van der Waals surface area contributed by atoms with Crippen molar-refractivity contribution in [2.45, 2.75) is 26.2 Å². The lowest BCUT2D eigenvalue weighted by molar-refractivity contribution is 0.112. The van der Waals surface area contributed by atoms with E-state index in [1.807, 2.05) is 37.5 Å². The topological polar surface area (TPSA) is 34.9 Å². The van der Waals surface area contributed by atoms with Gasteiger partial charge in [-0.3, -0.25) is 9.48 Å². The van der Waals surface area contributed by atoms with Crippen molar-refractivity contribution in [3.8, 4) is 11.1 Å². The molecule has 0 atom stereocenters. The SMILES string of the molecule is Cn1cc(-c2ccccc2C=O)c(C(C)(C)C)n1. The molecule has 3 heteroatoms. The molecule has 0 aliphatic rings. The second-order valence-corrected chi connectivity index (χ2v) is 5.52. The molecule has 0 N–H and O–H groups in total. The van der Waals surface area contributed by atoms with Crippen molar-refractivity contribution in [3.63, 3.8) is 0 Å². The number of hydrogen-bond donors (Lipinski definition) is 0. The van der Waals surface area contributed by atoms with Gasteiger partial charge < -0.3 is 0 Å². The number of hydrogen-bond acceptors (Lipinski definition) is 2. The quantitative estimate of drug-likeness (QED) is 0.758. The lowest BCUT2D eigenvalue weighted by Gasteiger charge is -2.18. The summed E-state index contributed by atoms with van der Waals surface area (Å²) in [7, 11) is 1.91. The molecular weight excluding hydrogens is 224 g/mol. The first-order valence-corrected chi connectivity index (χ1v) is 6.02. The maximum Gasteiger partial charge on any atom is 0.150 e. The fraction of sp³-hybridized carbons (Fsp3) is 0.333. The first-order chi connectivity index (χ1) is 8.43. The minimum Gasteiger partial charge on any atom is -0.298 e. The van der Waals surface area contributed by atoms with Crippen LogP contribution in [-0.4, -0.2) is 16.1 Å². The standard InChI is InChI=1S/C15H18N2O/c1-15(2,3)14-13(9-17(4)16-14)12-8-6-5-7-11(12)10-18/h5-10H,1-4H3. The minimum atomic E-state index is -0.0490. The highest BCUT2D eigenvalue weighted by Crippen LogP contribution is 2.33. The van der Waals surface area contributed by atoms with Crippen molar-refractivity contribution in [3.05, 3.63) is 41.7 Å². The van der Waals surface area contributed by atoms with Crippen molar-refractivity contribution in [2.24, 2.45) is 7.05 Å². The third kappa shape index (κ3) is 2.21. The van der Waals surface area contributed by atoms with Gasteiger partial charge in [0.25, 0.3) is 0 Å². The van der Waals surface area contributed by atoms with Crippen LogP contribution in [0.15, 0.2) is 30.5 Å². The van der Waals surface area contributed by atoms with Crippen LogP contribution in [0.3, 0.4) is 0 Å². The smallest absolute Gasteiger partial charge is 0.150 e. The van der Waals surface area contributed by atoms with Crippen molar-refractivity contribution in [1.29, 1.82) is 0 Å². The molecule has 0 amide bonds. The van der Waals surface area contributed by atoms with E-state index in [2.05, 4.69) is 25.9 Å². The molecule has 0 bridgehead atoms. The fourth-order valence-electron chi connectivity index (χ4n) is 2.08. The van der Waals surface area contributed by atoms with E-state index in [4.69, 9.17) is 0 Å². The molecule has 2 rings (SSSR count). The molecule has 18 heavy (non-hydrogen) atoms. The molecule has 0 aliphatic carbocycles. The Kier molecular flexibility index (Phi) is 3.07. The van der Waals surface area contributed by atoms with Crippen LogP contribution < -0.4 is 0 Å². The number of carbonyl (C=O) groups excluding carboxylic acids is 1. The number of aromatic nitrogens is 2. The van der Waals surface area contributed by atoms with Gasteiger partial charge in [0.05, 0.1) is 5.69 Å². The number of rotatable bonds is 2. The normalized spacial score (nSPS) is 11.6. The molecule has 0 unspecified atom stereocenters. The molecule has 2 aromatic rings. The summed E-state index contributed by atoms with van der Waals surface area (Å²) in [5.41, 5.74) is 3.65. The predicted molar refractivity (Wildman–Crippen MR) is 72.7 cm³/mol. The fourth-order valence-corrected chi connectivity index (χ4v) is 2.08. The highest BCUT2D eigenvalue weighted by Gasteiger charge is 2.23. The molecule has 94 valence electrons. The van der Waals surface area contributed by atoms with Crippen molar-refractivity contribution in [2.75, 3.05) is 0 Å². The summed E-state index contributed by atoms with van der Waals surface area (Å²) in [6.07, 6.45) is 2.87. The lowest BCUT2D eigenvalue weighted by atomic mass is 9.86. The molecule has 1 heterocycles. The van der Waals surface area contributed by atoms with Gasteiger partial charge in [0, 0.05) is 29.8 Å². The van der Waals surface area contributed by atoms with Crippen LogP contribution in [0.5, 0.6) is 0 Å². The van der Waals surface area contributed by atoms with Crippen molar-refractivity contribution >= 4 is 6.29 Å². The molecule has 1 aromatic heterocycles. The van der Waals surface area contributed by atoms with Crippen LogP contribution in [0.25, 0.3) is 11.1 Å². The van der Waals surface area contributed by atoms with Crippen LogP contribution in [-0.2, 0) is 12.5 Å². The maximum absolute atomic E-state index is 11.1. The average molecular weight is 242 g/mol.